The number of nitrogens with one attached hydrogen (secondary N) is 1. The van der Waals surface area contributed by atoms with Crippen molar-refractivity contribution in [2.75, 3.05) is 13.2 Å². The smallest absolute Gasteiger partial charge is 0.260 e. The van der Waals surface area contributed by atoms with E-state index in [1.807, 2.05) is 44.2 Å². The third-order valence-corrected chi connectivity index (χ3v) is 3.97. The van der Waals surface area contributed by atoms with Gasteiger partial charge in [0.25, 0.3) is 5.91 Å². The van der Waals surface area contributed by atoms with Crippen LogP contribution in [0.15, 0.2) is 42.5 Å². The summed E-state index contributed by atoms with van der Waals surface area (Å²) in [5.41, 5.74) is 2.32. The summed E-state index contributed by atoms with van der Waals surface area (Å²) in [6, 6.07) is 13.0. The van der Waals surface area contributed by atoms with Crippen LogP contribution in [0.25, 0.3) is 0 Å². The molecular formula is C19H22ClNO3. The number of carbonyl (C=O) groups is 1. The van der Waals surface area contributed by atoms with E-state index in [1.54, 1.807) is 19.1 Å². The Morgan fingerprint density at radius 1 is 1.17 bits per heavy atom. The van der Waals surface area contributed by atoms with E-state index in [9.17, 15) is 4.79 Å². The van der Waals surface area contributed by atoms with E-state index >= 15 is 0 Å². The molecule has 5 heteroatoms. The maximum absolute atomic E-state index is 12.1. The monoisotopic (exact) mass is 347 g/mol. The van der Waals surface area contributed by atoms with Crippen molar-refractivity contribution in [2.24, 2.45) is 0 Å². The largest absolute Gasteiger partial charge is 0.490 e. The predicted octanol–water partition coefficient (Wildman–Crippen LogP) is 3.92. The number of amides is 1. The van der Waals surface area contributed by atoms with Crippen LogP contribution in [0.2, 0.25) is 5.02 Å². The standard InChI is InChI=1S/C19H22ClNO3/c1-13-8-9-16(12-14(13)2)24-15(3)19(22)21-10-11-23-18-7-5-4-6-17(18)20/h4-9,12,15H,10-11H2,1-3H3,(H,21,22)/t15-/m0/s1. The van der Waals surface area contributed by atoms with Crippen molar-refractivity contribution in [1.82, 2.24) is 5.32 Å². The zero-order valence-electron chi connectivity index (χ0n) is 14.1. The second kappa shape index (κ2) is 8.60. The Labute approximate surface area is 147 Å². The first-order valence-corrected chi connectivity index (χ1v) is 8.24. The van der Waals surface area contributed by atoms with E-state index in [-0.39, 0.29) is 5.91 Å². The molecule has 0 unspecified atom stereocenters. The summed E-state index contributed by atoms with van der Waals surface area (Å²) in [6.07, 6.45) is -0.576. The lowest BCUT2D eigenvalue weighted by molar-refractivity contribution is -0.127. The lowest BCUT2D eigenvalue weighted by atomic mass is 10.1. The van der Waals surface area contributed by atoms with Crippen LogP contribution in [0.5, 0.6) is 11.5 Å². The first-order chi connectivity index (χ1) is 11.5. The Balaban J connectivity index is 1.75. The maximum atomic E-state index is 12.1. The average molecular weight is 348 g/mol. The van der Waals surface area contributed by atoms with Gasteiger partial charge in [0.15, 0.2) is 6.10 Å². The highest BCUT2D eigenvalue weighted by Gasteiger charge is 2.14. The van der Waals surface area contributed by atoms with E-state index in [0.717, 1.165) is 5.56 Å². The Morgan fingerprint density at radius 3 is 2.62 bits per heavy atom. The van der Waals surface area contributed by atoms with Crippen molar-refractivity contribution in [2.45, 2.75) is 26.9 Å². The summed E-state index contributed by atoms with van der Waals surface area (Å²) < 4.78 is 11.2. The molecule has 0 aliphatic heterocycles. The highest BCUT2D eigenvalue weighted by Crippen LogP contribution is 2.22. The van der Waals surface area contributed by atoms with Crippen molar-refractivity contribution in [3.05, 3.63) is 58.6 Å². The molecule has 0 heterocycles. The third-order valence-electron chi connectivity index (χ3n) is 3.66. The molecule has 24 heavy (non-hydrogen) atoms. The van der Waals surface area contributed by atoms with Crippen LogP contribution < -0.4 is 14.8 Å². The van der Waals surface area contributed by atoms with Gasteiger partial charge in [0.05, 0.1) is 11.6 Å². The van der Waals surface area contributed by atoms with Crippen molar-refractivity contribution in [3.8, 4) is 11.5 Å². The van der Waals surface area contributed by atoms with Gasteiger partial charge < -0.3 is 14.8 Å². The average Bonchev–Trinajstić information content (AvgIpc) is 2.56. The van der Waals surface area contributed by atoms with Crippen LogP contribution in [0, 0.1) is 13.8 Å². The molecule has 0 fully saturated rings. The summed E-state index contributed by atoms with van der Waals surface area (Å²) in [5, 5.41) is 3.34. The lowest BCUT2D eigenvalue weighted by Crippen LogP contribution is -2.38. The molecule has 0 aliphatic rings. The van der Waals surface area contributed by atoms with Crippen molar-refractivity contribution in [3.63, 3.8) is 0 Å². The second-order valence-corrected chi connectivity index (χ2v) is 5.98. The fourth-order valence-corrected chi connectivity index (χ4v) is 2.28. The highest BCUT2D eigenvalue weighted by molar-refractivity contribution is 6.32. The van der Waals surface area contributed by atoms with Gasteiger partial charge in [-0.15, -0.1) is 0 Å². The van der Waals surface area contributed by atoms with Crippen LogP contribution in [0.4, 0.5) is 0 Å². The Kier molecular flexibility index (Phi) is 6.50. The number of hydrogen-bond acceptors (Lipinski definition) is 3. The molecule has 0 aromatic heterocycles. The number of aryl methyl sites for hydroxylation is 2. The van der Waals surface area contributed by atoms with E-state index in [1.165, 1.54) is 5.56 Å². The molecule has 0 saturated heterocycles. The van der Waals surface area contributed by atoms with Crippen molar-refractivity contribution in [1.29, 1.82) is 0 Å². The number of hydrogen-bond donors (Lipinski definition) is 1. The van der Waals surface area contributed by atoms with Gasteiger partial charge >= 0.3 is 0 Å². The van der Waals surface area contributed by atoms with Gasteiger partial charge in [-0.3, -0.25) is 4.79 Å². The molecule has 1 amide bonds. The summed E-state index contributed by atoms with van der Waals surface area (Å²) >= 11 is 6.00. The molecule has 0 spiro atoms. The van der Waals surface area contributed by atoms with Crippen LogP contribution in [-0.4, -0.2) is 25.2 Å². The van der Waals surface area contributed by atoms with E-state index in [0.29, 0.717) is 29.7 Å². The number of para-hydroxylation sites is 1. The van der Waals surface area contributed by atoms with Gasteiger partial charge in [0, 0.05) is 0 Å². The first-order valence-electron chi connectivity index (χ1n) is 7.86. The Hall–Kier alpha value is -2.20. The summed E-state index contributed by atoms with van der Waals surface area (Å²) in [6.45, 7) is 6.49. The minimum atomic E-state index is -0.576. The number of halogens is 1. The van der Waals surface area contributed by atoms with Gasteiger partial charge in [0.1, 0.15) is 18.1 Å². The number of benzene rings is 2. The van der Waals surface area contributed by atoms with Crippen molar-refractivity contribution >= 4 is 17.5 Å². The van der Waals surface area contributed by atoms with Crippen LogP contribution in [0.1, 0.15) is 18.1 Å². The number of ether oxygens (including phenoxy) is 2. The topological polar surface area (TPSA) is 47.6 Å². The molecule has 0 saturated carbocycles. The van der Waals surface area contributed by atoms with Crippen molar-refractivity contribution < 1.29 is 14.3 Å². The molecule has 0 aliphatic carbocycles. The second-order valence-electron chi connectivity index (χ2n) is 5.58. The van der Waals surface area contributed by atoms with Crippen LogP contribution in [0.3, 0.4) is 0 Å². The van der Waals surface area contributed by atoms with Gasteiger partial charge in [-0.1, -0.05) is 29.8 Å². The highest BCUT2D eigenvalue weighted by atomic mass is 35.5. The molecule has 0 radical (unpaired) electrons. The SMILES string of the molecule is Cc1ccc(O[C@@H](C)C(=O)NCCOc2ccccc2Cl)cc1C. The Morgan fingerprint density at radius 2 is 1.92 bits per heavy atom. The first kappa shape index (κ1) is 18.1. The fraction of sp³-hybridized carbons (Fsp3) is 0.316. The zero-order chi connectivity index (χ0) is 17.5. The summed E-state index contributed by atoms with van der Waals surface area (Å²) in [4.78, 5) is 12.1. The maximum Gasteiger partial charge on any atom is 0.260 e. The molecule has 4 nitrogen and oxygen atoms in total. The minimum absolute atomic E-state index is 0.184. The molecule has 128 valence electrons. The van der Waals surface area contributed by atoms with Crippen LogP contribution in [-0.2, 0) is 4.79 Å². The van der Waals surface area contributed by atoms with Gasteiger partial charge in [0.2, 0.25) is 0 Å². The van der Waals surface area contributed by atoms with Gasteiger partial charge in [-0.25, -0.2) is 0 Å². The summed E-state index contributed by atoms with van der Waals surface area (Å²) in [5.74, 6) is 1.11. The molecule has 1 N–H and O–H groups in total. The molecular weight excluding hydrogens is 326 g/mol. The normalized spacial score (nSPS) is 11.7. The molecule has 2 rings (SSSR count). The zero-order valence-corrected chi connectivity index (χ0v) is 14.9. The Bertz CT molecular complexity index is 703. The quantitative estimate of drug-likeness (QED) is 0.772. The van der Waals surface area contributed by atoms with E-state index < -0.39 is 6.10 Å². The summed E-state index contributed by atoms with van der Waals surface area (Å²) in [7, 11) is 0. The van der Waals surface area contributed by atoms with E-state index in [2.05, 4.69) is 5.32 Å². The van der Waals surface area contributed by atoms with Crippen LogP contribution >= 0.6 is 11.6 Å². The molecule has 2 aromatic rings. The number of rotatable bonds is 7. The fourth-order valence-electron chi connectivity index (χ4n) is 2.09. The lowest BCUT2D eigenvalue weighted by Gasteiger charge is -2.16. The molecule has 1 atom stereocenters. The number of carbonyl (C=O) groups excluding carboxylic acids is 1. The molecule has 2 aromatic carbocycles. The van der Waals surface area contributed by atoms with Gasteiger partial charge in [-0.05, 0) is 56.2 Å². The van der Waals surface area contributed by atoms with Gasteiger partial charge in [-0.2, -0.15) is 0 Å². The minimum Gasteiger partial charge on any atom is -0.490 e. The van der Waals surface area contributed by atoms with E-state index in [4.69, 9.17) is 21.1 Å². The predicted molar refractivity (Wildman–Crippen MR) is 96.0 cm³/mol. The molecule has 0 bridgehead atoms. The third kappa shape index (κ3) is 5.17.